The van der Waals surface area contributed by atoms with E-state index in [4.69, 9.17) is 9.84 Å². The third kappa shape index (κ3) is 2.59. The van der Waals surface area contributed by atoms with Crippen molar-refractivity contribution in [1.29, 1.82) is 0 Å². The number of anilines is 1. The van der Waals surface area contributed by atoms with E-state index >= 15 is 0 Å². The van der Waals surface area contributed by atoms with Gasteiger partial charge in [0.05, 0.1) is 25.7 Å². The van der Waals surface area contributed by atoms with Crippen molar-refractivity contribution in [2.45, 2.75) is 12.5 Å². The van der Waals surface area contributed by atoms with Crippen molar-refractivity contribution < 1.29 is 24.2 Å². The van der Waals surface area contributed by atoms with Crippen LogP contribution in [0, 0.1) is 5.92 Å². The highest BCUT2D eigenvalue weighted by Gasteiger charge is 2.35. The van der Waals surface area contributed by atoms with Crippen LogP contribution in [0.15, 0.2) is 18.2 Å². The van der Waals surface area contributed by atoms with Crippen molar-refractivity contribution in [2.75, 3.05) is 18.5 Å². The zero-order chi connectivity index (χ0) is 15.0. The van der Waals surface area contributed by atoms with Crippen LogP contribution < -0.4 is 10.6 Å². The van der Waals surface area contributed by atoms with E-state index in [0.29, 0.717) is 17.7 Å². The summed E-state index contributed by atoms with van der Waals surface area (Å²) in [4.78, 5) is 34.5. The second-order valence-corrected chi connectivity index (χ2v) is 5.16. The molecule has 110 valence electrons. The van der Waals surface area contributed by atoms with E-state index in [2.05, 4.69) is 10.6 Å². The number of rotatable bonds is 3. The Morgan fingerprint density at radius 3 is 2.90 bits per heavy atom. The van der Waals surface area contributed by atoms with Crippen LogP contribution in [0.2, 0.25) is 0 Å². The van der Waals surface area contributed by atoms with Crippen molar-refractivity contribution >= 4 is 23.5 Å². The fraction of sp³-hybridized carbons (Fsp3) is 0.357. The molecule has 3 rings (SSSR count). The highest BCUT2D eigenvalue weighted by Crippen LogP contribution is 2.24. The molecule has 0 radical (unpaired) electrons. The Balaban J connectivity index is 1.73. The molecule has 0 spiro atoms. The molecule has 2 atom stereocenters. The van der Waals surface area contributed by atoms with Gasteiger partial charge in [-0.3, -0.25) is 14.4 Å². The number of benzene rings is 1. The van der Waals surface area contributed by atoms with E-state index in [1.54, 1.807) is 18.2 Å². The number of carbonyl (C=O) groups excluding carboxylic acids is 2. The number of aliphatic carboxylic acids is 1. The van der Waals surface area contributed by atoms with Gasteiger partial charge in [-0.25, -0.2) is 0 Å². The maximum absolute atomic E-state index is 12.2. The number of carboxylic acid groups (broad SMARTS) is 1. The molecule has 1 aromatic rings. The molecule has 7 nitrogen and oxygen atoms in total. The van der Waals surface area contributed by atoms with Gasteiger partial charge in [0.15, 0.2) is 0 Å². The standard InChI is InChI=1S/C14H14N2O5/c17-12-4-7-1-2-8(3-10(7)15-12)13(18)16-11-6-21-5-9(11)14(19)20/h1-3,9,11H,4-6H2,(H,15,17)(H,16,18)(H,19,20). The summed E-state index contributed by atoms with van der Waals surface area (Å²) in [5, 5.41) is 14.4. The number of carboxylic acids is 1. The highest BCUT2D eigenvalue weighted by atomic mass is 16.5. The molecule has 2 heterocycles. The van der Waals surface area contributed by atoms with Crippen LogP contribution in [0.25, 0.3) is 0 Å². The molecule has 21 heavy (non-hydrogen) atoms. The molecule has 2 aliphatic heterocycles. The van der Waals surface area contributed by atoms with E-state index in [-0.39, 0.29) is 25.0 Å². The number of nitrogens with one attached hydrogen (secondary N) is 2. The van der Waals surface area contributed by atoms with Gasteiger partial charge in [0.1, 0.15) is 5.92 Å². The SMILES string of the molecule is O=C1Cc2ccc(C(=O)NC3COCC3C(=O)O)cc2N1. The van der Waals surface area contributed by atoms with Crippen LogP contribution in [-0.4, -0.2) is 42.1 Å². The predicted octanol–water partition coefficient (Wildman–Crippen LogP) is 0.0106. The fourth-order valence-corrected chi connectivity index (χ4v) is 2.55. The Kier molecular flexibility index (Phi) is 3.34. The maximum atomic E-state index is 12.2. The second kappa shape index (κ2) is 5.17. The lowest BCUT2D eigenvalue weighted by molar-refractivity contribution is -0.142. The first kappa shape index (κ1) is 13.6. The molecule has 2 aliphatic rings. The number of hydrogen-bond acceptors (Lipinski definition) is 4. The smallest absolute Gasteiger partial charge is 0.311 e. The number of carbonyl (C=O) groups is 3. The van der Waals surface area contributed by atoms with Gasteiger partial charge in [0.25, 0.3) is 5.91 Å². The minimum absolute atomic E-state index is 0.0977. The van der Waals surface area contributed by atoms with E-state index in [1.807, 2.05) is 0 Å². The van der Waals surface area contributed by atoms with E-state index in [1.165, 1.54) is 0 Å². The van der Waals surface area contributed by atoms with Crippen LogP contribution in [0.3, 0.4) is 0 Å². The normalized spacial score (nSPS) is 23.5. The molecule has 1 aromatic carbocycles. The van der Waals surface area contributed by atoms with Crippen molar-refractivity contribution in [2.24, 2.45) is 5.92 Å². The lowest BCUT2D eigenvalue weighted by Gasteiger charge is -2.16. The molecule has 7 heteroatoms. The Morgan fingerprint density at radius 2 is 2.14 bits per heavy atom. The summed E-state index contributed by atoms with van der Waals surface area (Å²) in [5.41, 5.74) is 1.86. The summed E-state index contributed by atoms with van der Waals surface area (Å²) in [5.74, 6) is -2.19. The van der Waals surface area contributed by atoms with Crippen molar-refractivity contribution in [3.05, 3.63) is 29.3 Å². The minimum Gasteiger partial charge on any atom is -0.481 e. The number of fused-ring (bicyclic) bond motifs is 1. The van der Waals surface area contributed by atoms with Gasteiger partial charge in [-0.15, -0.1) is 0 Å². The van der Waals surface area contributed by atoms with Crippen molar-refractivity contribution in [3.63, 3.8) is 0 Å². The van der Waals surface area contributed by atoms with Crippen LogP contribution in [0.1, 0.15) is 15.9 Å². The van der Waals surface area contributed by atoms with E-state index in [0.717, 1.165) is 5.56 Å². The Labute approximate surface area is 120 Å². The third-order valence-electron chi connectivity index (χ3n) is 3.71. The highest BCUT2D eigenvalue weighted by molar-refractivity contribution is 6.02. The predicted molar refractivity (Wildman–Crippen MR) is 72.0 cm³/mol. The molecule has 0 aromatic heterocycles. The Hall–Kier alpha value is -2.41. The molecular weight excluding hydrogens is 276 g/mol. The van der Waals surface area contributed by atoms with Gasteiger partial charge >= 0.3 is 5.97 Å². The van der Waals surface area contributed by atoms with E-state index in [9.17, 15) is 14.4 Å². The molecule has 1 fully saturated rings. The van der Waals surface area contributed by atoms with Crippen LogP contribution >= 0.6 is 0 Å². The van der Waals surface area contributed by atoms with Crippen molar-refractivity contribution in [3.8, 4) is 0 Å². The summed E-state index contributed by atoms with van der Waals surface area (Å²) in [6.07, 6.45) is 0.314. The molecule has 2 unspecified atom stereocenters. The van der Waals surface area contributed by atoms with Gasteiger partial charge in [-0.05, 0) is 17.7 Å². The van der Waals surface area contributed by atoms with Gasteiger partial charge in [0.2, 0.25) is 5.91 Å². The van der Waals surface area contributed by atoms with Crippen LogP contribution in [0.5, 0.6) is 0 Å². The first-order valence-electron chi connectivity index (χ1n) is 6.59. The summed E-state index contributed by atoms with van der Waals surface area (Å²) < 4.78 is 5.10. The number of ether oxygens (including phenoxy) is 1. The lowest BCUT2D eigenvalue weighted by atomic mass is 10.0. The monoisotopic (exact) mass is 290 g/mol. The molecule has 3 N–H and O–H groups in total. The average molecular weight is 290 g/mol. The Morgan fingerprint density at radius 1 is 1.33 bits per heavy atom. The average Bonchev–Trinajstić information content (AvgIpc) is 3.02. The van der Waals surface area contributed by atoms with Gasteiger partial charge in [0, 0.05) is 11.3 Å². The number of hydrogen-bond donors (Lipinski definition) is 3. The molecular formula is C14H14N2O5. The zero-order valence-corrected chi connectivity index (χ0v) is 11.1. The number of amides is 2. The van der Waals surface area contributed by atoms with Crippen LogP contribution in [0.4, 0.5) is 5.69 Å². The second-order valence-electron chi connectivity index (χ2n) is 5.16. The van der Waals surface area contributed by atoms with E-state index < -0.39 is 17.9 Å². The molecule has 1 saturated heterocycles. The molecule has 0 saturated carbocycles. The van der Waals surface area contributed by atoms with Crippen molar-refractivity contribution in [1.82, 2.24) is 5.32 Å². The van der Waals surface area contributed by atoms with Gasteiger partial charge < -0.3 is 20.5 Å². The van der Waals surface area contributed by atoms with Gasteiger partial charge in [-0.1, -0.05) is 6.07 Å². The fourth-order valence-electron chi connectivity index (χ4n) is 2.55. The summed E-state index contributed by atoms with van der Waals surface area (Å²) in [6.45, 7) is 0.283. The molecule has 2 amide bonds. The first-order valence-corrected chi connectivity index (χ1v) is 6.59. The maximum Gasteiger partial charge on any atom is 0.311 e. The summed E-state index contributed by atoms with van der Waals surface area (Å²) in [7, 11) is 0. The minimum atomic E-state index is -0.987. The third-order valence-corrected chi connectivity index (χ3v) is 3.71. The quantitative estimate of drug-likeness (QED) is 0.727. The lowest BCUT2D eigenvalue weighted by Crippen LogP contribution is -2.42. The molecule has 0 aliphatic carbocycles. The zero-order valence-electron chi connectivity index (χ0n) is 11.1. The topological polar surface area (TPSA) is 105 Å². The Bertz CT molecular complexity index is 628. The van der Waals surface area contributed by atoms with Gasteiger partial charge in [-0.2, -0.15) is 0 Å². The largest absolute Gasteiger partial charge is 0.481 e. The van der Waals surface area contributed by atoms with Crippen LogP contribution in [-0.2, 0) is 20.7 Å². The summed E-state index contributed by atoms with van der Waals surface area (Å²) in [6, 6.07) is 4.40. The first-order chi connectivity index (χ1) is 10.0. The summed E-state index contributed by atoms with van der Waals surface area (Å²) >= 11 is 0. The molecule has 0 bridgehead atoms.